The highest BCUT2D eigenvalue weighted by Gasteiger charge is 2.21. The van der Waals surface area contributed by atoms with Crippen LogP contribution in [0.1, 0.15) is 17.3 Å². The summed E-state index contributed by atoms with van der Waals surface area (Å²) in [6.45, 7) is 1.49. The van der Waals surface area contributed by atoms with Crippen molar-refractivity contribution in [1.29, 1.82) is 0 Å². The van der Waals surface area contributed by atoms with Crippen LogP contribution in [-0.4, -0.2) is 39.3 Å². The lowest BCUT2D eigenvalue weighted by molar-refractivity contribution is -0.123. The summed E-state index contributed by atoms with van der Waals surface area (Å²) in [5.41, 5.74) is 0.712. The molecule has 138 valence electrons. The Hall–Kier alpha value is -3.22. The van der Waals surface area contributed by atoms with Gasteiger partial charge in [0.1, 0.15) is 17.2 Å². The van der Waals surface area contributed by atoms with Crippen LogP contribution < -0.4 is 19.5 Å². The Morgan fingerprint density at radius 2 is 1.54 bits per heavy atom. The molecule has 0 saturated heterocycles. The fourth-order valence-corrected chi connectivity index (χ4v) is 2.19. The van der Waals surface area contributed by atoms with Gasteiger partial charge in [0.15, 0.2) is 6.10 Å². The number of esters is 1. The Labute approximate surface area is 151 Å². The number of carbonyl (C=O) groups excluding carboxylic acids is 2. The average molecular weight is 359 g/mol. The molecule has 0 heterocycles. The fourth-order valence-electron chi connectivity index (χ4n) is 2.19. The Balaban J connectivity index is 2.07. The number of hydrogen-bond acceptors (Lipinski definition) is 6. The average Bonchev–Trinajstić information content (AvgIpc) is 2.67. The van der Waals surface area contributed by atoms with Crippen molar-refractivity contribution >= 4 is 17.6 Å². The van der Waals surface area contributed by atoms with Gasteiger partial charge in [0.2, 0.25) is 0 Å². The zero-order chi connectivity index (χ0) is 19.1. The first kappa shape index (κ1) is 19.1. The van der Waals surface area contributed by atoms with Crippen LogP contribution >= 0.6 is 0 Å². The molecule has 1 N–H and O–H groups in total. The minimum Gasteiger partial charge on any atom is -0.497 e. The lowest BCUT2D eigenvalue weighted by atomic mass is 10.2. The van der Waals surface area contributed by atoms with Gasteiger partial charge in [0.25, 0.3) is 5.91 Å². The molecule has 7 nitrogen and oxygen atoms in total. The van der Waals surface area contributed by atoms with E-state index in [1.54, 1.807) is 30.3 Å². The highest BCUT2D eigenvalue weighted by molar-refractivity contribution is 5.98. The van der Waals surface area contributed by atoms with E-state index in [0.29, 0.717) is 22.9 Å². The van der Waals surface area contributed by atoms with E-state index in [9.17, 15) is 9.59 Å². The van der Waals surface area contributed by atoms with E-state index in [2.05, 4.69) is 5.32 Å². The molecule has 26 heavy (non-hydrogen) atoms. The summed E-state index contributed by atoms with van der Waals surface area (Å²) in [6, 6.07) is 11.6. The van der Waals surface area contributed by atoms with Crippen LogP contribution in [0.4, 0.5) is 5.69 Å². The number of rotatable bonds is 7. The molecule has 2 aromatic carbocycles. The van der Waals surface area contributed by atoms with Crippen molar-refractivity contribution < 1.29 is 28.5 Å². The SMILES string of the molecule is COc1cc(OC)cc(C(=O)O[C@H](C)C(=O)Nc2ccccc2OC)c1. The summed E-state index contributed by atoms with van der Waals surface area (Å²) in [6.07, 6.45) is -1.01. The van der Waals surface area contributed by atoms with Gasteiger partial charge in [-0.1, -0.05) is 12.1 Å². The van der Waals surface area contributed by atoms with Crippen LogP contribution in [0.15, 0.2) is 42.5 Å². The van der Waals surface area contributed by atoms with Crippen molar-refractivity contribution in [1.82, 2.24) is 0 Å². The molecule has 0 spiro atoms. The van der Waals surface area contributed by atoms with Gasteiger partial charge in [-0.25, -0.2) is 4.79 Å². The number of benzene rings is 2. The van der Waals surface area contributed by atoms with Gasteiger partial charge in [0, 0.05) is 6.07 Å². The van der Waals surface area contributed by atoms with Crippen molar-refractivity contribution in [3.63, 3.8) is 0 Å². The maximum absolute atomic E-state index is 12.3. The maximum atomic E-state index is 12.3. The van der Waals surface area contributed by atoms with Crippen molar-refractivity contribution in [3.8, 4) is 17.2 Å². The standard InChI is InChI=1S/C19H21NO6/c1-12(18(21)20-16-7-5-6-8-17(16)25-4)26-19(22)13-9-14(23-2)11-15(10-13)24-3/h5-12H,1-4H3,(H,20,21)/t12-/m1/s1. The van der Waals surface area contributed by atoms with Gasteiger partial charge < -0.3 is 24.3 Å². The van der Waals surface area contributed by atoms with Crippen molar-refractivity contribution in [2.45, 2.75) is 13.0 Å². The summed E-state index contributed by atoms with van der Waals surface area (Å²) in [5, 5.41) is 2.67. The normalized spacial score (nSPS) is 11.2. The highest BCUT2D eigenvalue weighted by Crippen LogP contribution is 2.25. The largest absolute Gasteiger partial charge is 0.497 e. The smallest absolute Gasteiger partial charge is 0.339 e. The zero-order valence-corrected chi connectivity index (χ0v) is 15.1. The molecule has 0 unspecified atom stereocenters. The molecule has 0 radical (unpaired) electrons. The third kappa shape index (κ3) is 4.66. The number of ether oxygens (including phenoxy) is 4. The molecule has 2 rings (SSSR count). The van der Waals surface area contributed by atoms with Gasteiger partial charge >= 0.3 is 5.97 Å². The molecule has 0 aliphatic rings. The summed E-state index contributed by atoms with van der Waals surface area (Å²) in [7, 11) is 4.46. The van der Waals surface area contributed by atoms with Gasteiger partial charge in [0.05, 0.1) is 32.6 Å². The minimum atomic E-state index is -1.01. The molecule has 0 saturated carbocycles. The first-order valence-corrected chi connectivity index (χ1v) is 7.86. The van der Waals surface area contributed by atoms with E-state index in [1.165, 1.54) is 40.4 Å². The van der Waals surface area contributed by atoms with E-state index in [-0.39, 0.29) is 5.56 Å². The number of methoxy groups -OCH3 is 3. The molecule has 0 fully saturated rings. The van der Waals surface area contributed by atoms with Crippen molar-refractivity contribution in [3.05, 3.63) is 48.0 Å². The van der Waals surface area contributed by atoms with Gasteiger partial charge in [-0.15, -0.1) is 0 Å². The molecule has 0 bridgehead atoms. The molecular formula is C19H21NO6. The van der Waals surface area contributed by atoms with Gasteiger partial charge in [-0.05, 0) is 31.2 Å². The second-order valence-corrected chi connectivity index (χ2v) is 5.34. The minimum absolute atomic E-state index is 0.221. The zero-order valence-electron chi connectivity index (χ0n) is 15.1. The van der Waals surface area contributed by atoms with E-state index >= 15 is 0 Å². The predicted octanol–water partition coefficient (Wildman–Crippen LogP) is 2.90. The summed E-state index contributed by atoms with van der Waals surface area (Å²) in [5.74, 6) is 0.268. The Bertz CT molecular complexity index is 767. The first-order valence-electron chi connectivity index (χ1n) is 7.86. The topological polar surface area (TPSA) is 83.1 Å². The van der Waals surface area contributed by atoms with Crippen LogP contribution in [0.5, 0.6) is 17.2 Å². The quantitative estimate of drug-likeness (QED) is 0.766. The van der Waals surface area contributed by atoms with Crippen LogP contribution in [0.3, 0.4) is 0 Å². The molecule has 0 aliphatic heterocycles. The number of carbonyl (C=O) groups is 2. The number of para-hydroxylation sites is 2. The molecule has 1 atom stereocenters. The van der Waals surface area contributed by atoms with E-state index < -0.39 is 18.0 Å². The van der Waals surface area contributed by atoms with E-state index in [4.69, 9.17) is 18.9 Å². The lowest BCUT2D eigenvalue weighted by Crippen LogP contribution is -2.30. The second kappa shape index (κ2) is 8.75. The number of anilines is 1. The Morgan fingerprint density at radius 1 is 0.923 bits per heavy atom. The molecule has 0 aromatic heterocycles. The maximum Gasteiger partial charge on any atom is 0.339 e. The first-order chi connectivity index (χ1) is 12.5. The Morgan fingerprint density at radius 3 is 2.12 bits per heavy atom. The number of nitrogens with one attached hydrogen (secondary N) is 1. The van der Waals surface area contributed by atoms with Gasteiger partial charge in [-0.2, -0.15) is 0 Å². The molecule has 2 aromatic rings. The van der Waals surface area contributed by atoms with Crippen LogP contribution in [0.25, 0.3) is 0 Å². The number of hydrogen-bond donors (Lipinski definition) is 1. The second-order valence-electron chi connectivity index (χ2n) is 5.34. The highest BCUT2D eigenvalue weighted by atomic mass is 16.5. The van der Waals surface area contributed by atoms with Crippen LogP contribution in [-0.2, 0) is 9.53 Å². The third-order valence-electron chi connectivity index (χ3n) is 3.61. The molecular weight excluding hydrogens is 338 g/mol. The molecule has 7 heteroatoms. The summed E-state index contributed by atoms with van der Waals surface area (Å²) in [4.78, 5) is 24.6. The van der Waals surface area contributed by atoms with E-state index in [1.807, 2.05) is 0 Å². The van der Waals surface area contributed by atoms with Crippen LogP contribution in [0.2, 0.25) is 0 Å². The van der Waals surface area contributed by atoms with Crippen LogP contribution in [0, 0.1) is 0 Å². The fraction of sp³-hybridized carbons (Fsp3) is 0.263. The predicted molar refractivity (Wildman–Crippen MR) is 96.0 cm³/mol. The number of amides is 1. The monoisotopic (exact) mass is 359 g/mol. The summed E-state index contributed by atoms with van der Waals surface area (Å²) >= 11 is 0. The van der Waals surface area contributed by atoms with E-state index in [0.717, 1.165) is 0 Å². The third-order valence-corrected chi connectivity index (χ3v) is 3.61. The Kier molecular flexibility index (Phi) is 6.43. The lowest BCUT2D eigenvalue weighted by Gasteiger charge is -2.15. The molecule has 0 aliphatic carbocycles. The summed E-state index contributed by atoms with van der Waals surface area (Å²) < 4.78 is 20.7. The van der Waals surface area contributed by atoms with Crippen molar-refractivity contribution in [2.75, 3.05) is 26.6 Å². The molecule has 1 amide bonds. The van der Waals surface area contributed by atoms with Crippen molar-refractivity contribution in [2.24, 2.45) is 0 Å². The van der Waals surface area contributed by atoms with Gasteiger partial charge in [-0.3, -0.25) is 4.79 Å².